The lowest BCUT2D eigenvalue weighted by Crippen LogP contribution is -2.30. The number of halogens is 1. The van der Waals surface area contributed by atoms with Gasteiger partial charge in [-0.05, 0) is 50.4 Å². The van der Waals surface area contributed by atoms with Crippen molar-refractivity contribution in [1.82, 2.24) is 15.0 Å². The number of nitrogens with one attached hydrogen (secondary N) is 2. The molecule has 2 heterocycles. The van der Waals surface area contributed by atoms with E-state index < -0.39 is 10.0 Å². The number of rotatable bonds is 5. The van der Waals surface area contributed by atoms with Gasteiger partial charge in [0.25, 0.3) is 0 Å². The van der Waals surface area contributed by atoms with E-state index in [1.54, 1.807) is 18.3 Å². The Morgan fingerprint density at radius 3 is 2.96 bits per heavy atom. The molecule has 1 saturated heterocycles. The van der Waals surface area contributed by atoms with Crippen LogP contribution in [0.1, 0.15) is 24.8 Å². The van der Waals surface area contributed by atoms with Crippen molar-refractivity contribution in [2.45, 2.75) is 37.1 Å². The monoisotopic (exact) mass is 355 g/mol. The first kappa shape index (κ1) is 18.1. The fourth-order valence-corrected chi connectivity index (χ4v) is 4.13. The highest BCUT2D eigenvalue weighted by Gasteiger charge is 2.19. The van der Waals surface area contributed by atoms with Crippen molar-refractivity contribution in [3.8, 4) is 0 Å². The lowest BCUT2D eigenvalue weighted by atomic mass is 10.2. The Kier molecular flexibility index (Phi) is 5.97. The molecule has 0 unspecified atom stereocenters. The third-order valence-electron chi connectivity index (χ3n) is 4.05. The van der Waals surface area contributed by atoms with Crippen LogP contribution in [-0.2, 0) is 10.0 Å². The molecule has 0 spiro atoms. The van der Waals surface area contributed by atoms with Gasteiger partial charge in [-0.3, -0.25) is 4.98 Å². The number of sulfonamides is 1. The largest absolute Gasteiger partial charge is 0.314 e. The third-order valence-corrected chi connectivity index (χ3v) is 5.54. The molecule has 126 valence electrons. The summed E-state index contributed by atoms with van der Waals surface area (Å²) in [7, 11) is -3.53. The van der Waals surface area contributed by atoms with Crippen molar-refractivity contribution < 1.29 is 8.42 Å². The molecule has 2 aromatic rings. The second-order valence-electron chi connectivity index (χ2n) is 5.82. The number of hydrogen-bond donors (Lipinski definition) is 2. The van der Waals surface area contributed by atoms with Gasteiger partial charge in [0.05, 0.1) is 5.52 Å². The van der Waals surface area contributed by atoms with Gasteiger partial charge in [0, 0.05) is 24.2 Å². The molecule has 0 saturated carbocycles. The molecule has 1 aromatic heterocycles. The highest BCUT2D eigenvalue weighted by Crippen LogP contribution is 2.21. The zero-order chi connectivity index (χ0) is 15.6. The molecule has 1 aromatic carbocycles. The molecule has 7 heteroatoms. The van der Waals surface area contributed by atoms with E-state index >= 15 is 0 Å². The number of benzene rings is 1. The first-order valence-corrected chi connectivity index (χ1v) is 9.13. The van der Waals surface area contributed by atoms with Crippen molar-refractivity contribution in [2.24, 2.45) is 0 Å². The van der Waals surface area contributed by atoms with Crippen LogP contribution in [0.25, 0.3) is 10.9 Å². The molecule has 1 aliphatic heterocycles. The first-order valence-electron chi connectivity index (χ1n) is 7.65. The van der Waals surface area contributed by atoms with E-state index in [4.69, 9.17) is 0 Å². The average molecular weight is 356 g/mol. The van der Waals surface area contributed by atoms with Crippen LogP contribution in [0.4, 0.5) is 0 Å². The van der Waals surface area contributed by atoms with E-state index in [1.807, 2.05) is 19.1 Å². The van der Waals surface area contributed by atoms with E-state index in [0.29, 0.717) is 18.1 Å². The quantitative estimate of drug-likeness (QED) is 0.863. The van der Waals surface area contributed by atoms with Crippen LogP contribution in [0.15, 0.2) is 35.4 Å². The second kappa shape index (κ2) is 7.57. The minimum atomic E-state index is -3.53. The summed E-state index contributed by atoms with van der Waals surface area (Å²) in [6.07, 6.45) is 4.81. The Morgan fingerprint density at radius 1 is 1.39 bits per heavy atom. The van der Waals surface area contributed by atoms with Gasteiger partial charge in [-0.25, -0.2) is 13.1 Å². The van der Waals surface area contributed by atoms with Crippen LogP contribution in [0.3, 0.4) is 0 Å². The Balaban J connectivity index is 0.00000192. The topological polar surface area (TPSA) is 71.1 Å². The van der Waals surface area contributed by atoms with E-state index in [1.165, 1.54) is 6.42 Å². The highest BCUT2D eigenvalue weighted by molar-refractivity contribution is 7.89. The number of pyridine rings is 1. The molecule has 3 rings (SSSR count). The van der Waals surface area contributed by atoms with Crippen LogP contribution in [0, 0.1) is 6.92 Å². The summed E-state index contributed by atoms with van der Waals surface area (Å²) in [4.78, 5) is 4.56. The predicted octanol–water partition coefficient (Wildman–Crippen LogP) is 2.39. The van der Waals surface area contributed by atoms with Crippen LogP contribution in [0.5, 0.6) is 0 Å². The molecule has 2 N–H and O–H groups in total. The minimum Gasteiger partial charge on any atom is -0.314 e. The number of aromatic nitrogens is 1. The normalized spacial score (nSPS) is 18.0. The number of para-hydroxylation sites is 1. The molecule has 23 heavy (non-hydrogen) atoms. The maximum atomic E-state index is 12.5. The molecule has 0 radical (unpaired) electrons. The van der Waals surface area contributed by atoms with Crippen molar-refractivity contribution in [3.63, 3.8) is 0 Å². The van der Waals surface area contributed by atoms with Crippen molar-refractivity contribution in [1.29, 1.82) is 0 Å². The summed E-state index contributed by atoms with van der Waals surface area (Å²) in [6.45, 7) is 3.42. The van der Waals surface area contributed by atoms with Gasteiger partial charge in [-0.2, -0.15) is 0 Å². The predicted molar refractivity (Wildman–Crippen MR) is 94.6 cm³/mol. The summed E-state index contributed by atoms with van der Waals surface area (Å²) >= 11 is 0. The summed E-state index contributed by atoms with van der Waals surface area (Å²) in [5.41, 5.74) is 1.54. The molecule has 5 nitrogen and oxygen atoms in total. The molecular formula is C16H22ClN3O2S. The van der Waals surface area contributed by atoms with E-state index in [2.05, 4.69) is 15.0 Å². The summed E-state index contributed by atoms with van der Waals surface area (Å²) < 4.78 is 27.8. The van der Waals surface area contributed by atoms with Crippen LogP contribution >= 0.6 is 12.4 Å². The molecule has 0 bridgehead atoms. The lowest BCUT2D eigenvalue weighted by molar-refractivity contribution is 0.540. The smallest absolute Gasteiger partial charge is 0.242 e. The summed E-state index contributed by atoms with van der Waals surface area (Å²) in [5.74, 6) is 0. The zero-order valence-corrected chi connectivity index (χ0v) is 14.7. The summed E-state index contributed by atoms with van der Waals surface area (Å²) in [6, 6.07) is 7.63. The Bertz CT molecular complexity index is 774. The number of nitrogens with zero attached hydrogens (tertiary/aromatic N) is 1. The van der Waals surface area contributed by atoms with Gasteiger partial charge in [-0.15, -0.1) is 12.4 Å². The van der Waals surface area contributed by atoms with Crippen molar-refractivity contribution >= 4 is 33.3 Å². The molecule has 1 aliphatic rings. The van der Waals surface area contributed by atoms with Crippen LogP contribution in [0.2, 0.25) is 0 Å². The number of hydrogen-bond acceptors (Lipinski definition) is 4. The standard InChI is InChI=1S/C16H21N3O2S.ClH/c1-12-10-13-4-2-6-15(16(13)18-11-12)22(20,21)19-9-7-14-5-3-8-17-14;/h2,4,6,10-11,14,17,19H,3,5,7-9H2,1H3;1H/t14-;/m1./s1. The first-order chi connectivity index (χ1) is 10.6. The van der Waals surface area contributed by atoms with E-state index in [0.717, 1.165) is 30.3 Å². The molecule has 0 amide bonds. The Hall–Kier alpha value is -1.21. The fourth-order valence-electron chi connectivity index (χ4n) is 2.91. The third kappa shape index (κ3) is 4.20. The Labute approximate surface area is 143 Å². The molecule has 1 atom stereocenters. The van der Waals surface area contributed by atoms with Gasteiger partial charge in [-0.1, -0.05) is 12.1 Å². The van der Waals surface area contributed by atoms with Gasteiger partial charge in [0.2, 0.25) is 10.0 Å². The number of fused-ring (bicyclic) bond motifs is 1. The second-order valence-corrected chi connectivity index (χ2v) is 7.56. The van der Waals surface area contributed by atoms with Gasteiger partial charge >= 0.3 is 0 Å². The lowest BCUT2D eigenvalue weighted by Gasteiger charge is -2.12. The van der Waals surface area contributed by atoms with Gasteiger partial charge in [0.15, 0.2) is 0 Å². The molecule has 0 aliphatic carbocycles. The maximum absolute atomic E-state index is 12.5. The van der Waals surface area contributed by atoms with E-state index in [9.17, 15) is 8.42 Å². The van der Waals surface area contributed by atoms with Crippen LogP contribution in [-0.4, -0.2) is 32.5 Å². The minimum absolute atomic E-state index is 0. The Morgan fingerprint density at radius 2 is 2.22 bits per heavy atom. The SMILES string of the molecule is Cc1cnc2c(S(=O)(=O)NCC[C@H]3CCCN3)cccc2c1.Cl. The molecular weight excluding hydrogens is 334 g/mol. The van der Waals surface area contributed by atoms with Gasteiger partial charge in [0.1, 0.15) is 4.90 Å². The summed E-state index contributed by atoms with van der Waals surface area (Å²) in [5, 5.41) is 4.22. The molecule has 1 fully saturated rings. The maximum Gasteiger partial charge on any atom is 0.242 e. The zero-order valence-electron chi connectivity index (χ0n) is 13.1. The number of aryl methyl sites for hydroxylation is 1. The highest BCUT2D eigenvalue weighted by atomic mass is 35.5. The average Bonchev–Trinajstić information content (AvgIpc) is 2.99. The van der Waals surface area contributed by atoms with E-state index in [-0.39, 0.29) is 17.3 Å². The van der Waals surface area contributed by atoms with Gasteiger partial charge < -0.3 is 5.32 Å². The fraction of sp³-hybridized carbons (Fsp3) is 0.438. The van der Waals surface area contributed by atoms with Crippen molar-refractivity contribution in [3.05, 3.63) is 36.0 Å². The van der Waals surface area contributed by atoms with Crippen molar-refractivity contribution in [2.75, 3.05) is 13.1 Å². The van der Waals surface area contributed by atoms with Crippen LogP contribution < -0.4 is 10.0 Å².